The Morgan fingerprint density at radius 2 is 1.76 bits per heavy atom. The number of rotatable bonds is 7. The molecular weight excluding hydrogens is 394 g/mol. The second kappa shape index (κ2) is 8.61. The minimum atomic E-state index is -3.92. The quantitative estimate of drug-likeness (QED) is 0.616. The fourth-order valence-electron chi connectivity index (χ4n) is 2.52. The first-order valence-electron chi connectivity index (χ1n) is 8.50. The molecule has 150 valence electrons. The van der Waals surface area contributed by atoms with Crippen molar-refractivity contribution in [2.75, 3.05) is 24.3 Å². The van der Waals surface area contributed by atoms with E-state index >= 15 is 0 Å². The van der Waals surface area contributed by atoms with Gasteiger partial charge in [0.25, 0.3) is 15.9 Å². The number of sulfonamides is 1. The van der Waals surface area contributed by atoms with E-state index in [9.17, 15) is 13.2 Å². The molecule has 0 aliphatic rings. The molecule has 3 rings (SSSR count). The molecule has 3 aromatic rings. The van der Waals surface area contributed by atoms with Gasteiger partial charge in [0.1, 0.15) is 5.75 Å². The number of aromatic nitrogens is 1. The normalized spacial score (nSPS) is 10.8. The van der Waals surface area contributed by atoms with Crippen LogP contribution in [-0.4, -0.2) is 33.5 Å². The Labute approximate surface area is 168 Å². The molecule has 8 nitrogen and oxygen atoms in total. The maximum absolute atomic E-state index is 12.8. The van der Waals surface area contributed by atoms with Gasteiger partial charge in [0.15, 0.2) is 0 Å². The van der Waals surface area contributed by atoms with Gasteiger partial charge in [0.2, 0.25) is 5.88 Å². The number of anilines is 2. The first kappa shape index (κ1) is 20.2. The number of hydrogen-bond donors (Lipinski definition) is 2. The van der Waals surface area contributed by atoms with Gasteiger partial charge in [0, 0.05) is 11.6 Å². The topological polar surface area (TPSA) is 107 Å². The number of pyridine rings is 1. The molecule has 0 unspecified atom stereocenters. The predicted molar refractivity (Wildman–Crippen MR) is 109 cm³/mol. The van der Waals surface area contributed by atoms with Gasteiger partial charge in [0.05, 0.1) is 36.7 Å². The van der Waals surface area contributed by atoms with Gasteiger partial charge < -0.3 is 14.8 Å². The molecule has 1 heterocycles. The summed E-state index contributed by atoms with van der Waals surface area (Å²) >= 11 is 0. The largest absolute Gasteiger partial charge is 0.495 e. The minimum absolute atomic E-state index is 0.0519. The third kappa shape index (κ3) is 4.82. The Hall–Kier alpha value is -3.59. The van der Waals surface area contributed by atoms with Crippen LogP contribution in [0.4, 0.5) is 11.4 Å². The highest BCUT2D eigenvalue weighted by Gasteiger charge is 2.18. The molecule has 0 fully saturated rings. The molecule has 0 bridgehead atoms. The van der Waals surface area contributed by atoms with Crippen LogP contribution in [-0.2, 0) is 10.0 Å². The lowest BCUT2D eigenvalue weighted by molar-refractivity contribution is 0.102. The third-order valence-corrected chi connectivity index (χ3v) is 5.32. The van der Waals surface area contributed by atoms with Crippen molar-refractivity contribution in [3.8, 4) is 11.6 Å². The number of ether oxygens (including phenoxy) is 2. The number of benzene rings is 2. The lowest BCUT2D eigenvalue weighted by Gasteiger charge is -2.12. The third-order valence-electron chi connectivity index (χ3n) is 3.96. The van der Waals surface area contributed by atoms with Crippen LogP contribution < -0.4 is 19.5 Å². The Morgan fingerprint density at radius 1 is 0.966 bits per heavy atom. The Kier molecular flexibility index (Phi) is 5.99. The fourth-order valence-corrected chi connectivity index (χ4v) is 3.63. The van der Waals surface area contributed by atoms with Crippen molar-refractivity contribution in [2.45, 2.75) is 4.90 Å². The second-order valence-electron chi connectivity index (χ2n) is 5.88. The molecular formula is C20H19N3O5S. The van der Waals surface area contributed by atoms with Crippen LogP contribution in [0.25, 0.3) is 0 Å². The number of hydrogen-bond acceptors (Lipinski definition) is 6. The predicted octanol–water partition coefficient (Wildman–Crippen LogP) is 3.15. The molecule has 0 saturated heterocycles. The number of nitrogens with zero attached hydrogens (tertiary/aromatic N) is 1. The zero-order chi connectivity index (χ0) is 20.9. The second-order valence-corrected chi connectivity index (χ2v) is 7.56. The minimum Gasteiger partial charge on any atom is -0.495 e. The van der Waals surface area contributed by atoms with Crippen LogP contribution in [0, 0.1) is 0 Å². The number of nitrogens with one attached hydrogen (secondary N) is 2. The summed E-state index contributed by atoms with van der Waals surface area (Å²) in [7, 11) is -0.981. The maximum atomic E-state index is 12.8. The van der Waals surface area contributed by atoms with E-state index in [1.54, 1.807) is 36.4 Å². The lowest BCUT2D eigenvalue weighted by atomic mass is 10.2. The molecule has 0 atom stereocenters. The lowest BCUT2D eigenvalue weighted by Crippen LogP contribution is -2.16. The standard InChI is InChI=1S/C20H19N3O5S/c1-27-18-9-4-3-8-17(18)23-29(25,26)16-7-5-6-14(12-16)20(24)22-15-10-11-19(28-2)21-13-15/h3-13,23H,1-2H3,(H,22,24). The van der Waals surface area contributed by atoms with Crippen molar-refractivity contribution >= 4 is 27.3 Å². The van der Waals surface area contributed by atoms with Crippen LogP contribution in [0.1, 0.15) is 10.4 Å². The van der Waals surface area contributed by atoms with Crippen molar-refractivity contribution in [3.63, 3.8) is 0 Å². The van der Waals surface area contributed by atoms with Gasteiger partial charge >= 0.3 is 0 Å². The summed E-state index contributed by atoms with van der Waals surface area (Å²) in [6.07, 6.45) is 1.45. The van der Waals surface area contributed by atoms with Gasteiger partial charge in [-0.2, -0.15) is 0 Å². The van der Waals surface area contributed by atoms with E-state index in [2.05, 4.69) is 15.0 Å². The smallest absolute Gasteiger partial charge is 0.262 e. The first-order chi connectivity index (χ1) is 13.9. The van der Waals surface area contributed by atoms with E-state index in [1.807, 2.05) is 0 Å². The van der Waals surface area contributed by atoms with Gasteiger partial charge in [-0.15, -0.1) is 0 Å². The van der Waals surface area contributed by atoms with Crippen LogP contribution >= 0.6 is 0 Å². The molecule has 0 saturated carbocycles. The van der Waals surface area contributed by atoms with Crippen molar-refractivity contribution in [2.24, 2.45) is 0 Å². The number of carbonyl (C=O) groups is 1. The number of methoxy groups -OCH3 is 2. The van der Waals surface area contributed by atoms with Crippen LogP contribution in [0.3, 0.4) is 0 Å². The Morgan fingerprint density at radius 3 is 2.45 bits per heavy atom. The molecule has 0 radical (unpaired) electrons. The summed E-state index contributed by atoms with van der Waals surface area (Å²) in [6, 6.07) is 15.6. The summed E-state index contributed by atoms with van der Waals surface area (Å²) in [5, 5.41) is 2.66. The van der Waals surface area contributed by atoms with Crippen molar-refractivity contribution in [1.29, 1.82) is 0 Å². The van der Waals surface area contributed by atoms with E-state index in [0.29, 0.717) is 23.0 Å². The van der Waals surface area contributed by atoms with Gasteiger partial charge in [-0.1, -0.05) is 18.2 Å². The van der Waals surface area contributed by atoms with Crippen molar-refractivity contribution < 1.29 is 22.7 Å². The van der Waals surface area contributed by atoms with E-state index < -0.39 is 15.9 Å². The Balaban J connectivity index is 1.81. The number of carbonyl (C=O) groups excluding carboxylic acids is 1. The molecule has 0 aliphatic carbocycles. The van der Waals surface area contributed by atoms with Crippen molar-refractivity contribution in [3.05, 3.63) is 72.4 Å². The van der Waals surface area contributed by atoms with Crippen LogP contribution in [0.5, 0.6) is 11.6 Å². The van der Waals surface area contributed by atoms with Gasteiger partial charge in [-0.25, -0.2) is 13.4 Å². The monoisotopic (exact) mass is 413 g/mol. The molecule has 1 amide bonds. The zero-order valence-corrected chi connectivity index (χ0v) is 16.6. The van der Waals surface area contributed by atoms with Crippen molar-refractivity contribution in [1.82, 2.24) is 4.98 Å². The molecule has 29 heavy (non-hydrogen) atoms. The molecule has 0 spiro atoms. The van der Waals surface area contributed by atoms with Gasteiger partial charge in [-0.3, -0.25) is 9.52 Å². The summed E-state index contributed by atoms with van der Waals surface area (Å²) in [4.78, 5) is 16.5. The number of amides is 1. The first-order valence-corrected chi connectivity index (χ1v) is 9.98. The summed E-state index contributed by atoms with van der Waals surface area (Å²) in [6.45, 7) is 0. The highest BCUT2D eigenvalue weighted by Crippen LogP contribution is 2.26. The molecule has 1 aromatic heterocycles. The summed E-state index contributed by atoms with van der Waals surface area (Å²) < 4.78 is 38.1. The fraction of sp³-hybridized carbons (Fsp3) is 0.100. The Bertz CT molecular complexity index is 1110. The molecule has 2 N–H and O–H groups in total. The molecule has 2 aromatic carbocycles. The summed E-state index contributed by atoms with van der Waals surface area (Å²) in [5.41, 5.74) is 0.939. The zero-order valence-electron chi connectivity index (χ0n) is 15.7. The van der Waals surface area contributed by atoms with E-state index in [-0.39, 0.29) is 10.5 Å². The average molecular weight is 413 g/mol. The van der Waals surface area contributed by atoms with Crippen LogP contribution in [0.2, 0.25) is 0 Å². The molecule has 9 heteroatoms. The summed E-state index contributed by atoms with van der Waals surface area (Å²) in [5.74, 6) is 0.335. The van der Waals surface area contributed by atoms with Crippen LogP contribution in [0.15, 0.2) is 71.8 Å². The van der Waals surface area contributed by atoms with Gasteiger partial charge in [-0.05, 0) is 36.4 Å². The highest BCUT2D eigenvalue weighted by atomic mass is 32.2. The van der Waals surface area contributed by atoms with E-state index in [1.165, 1.54) is 44.7 Å². The number of para-hydroxylation sites is 2. The molecule has 0 aliphatic heterocycles. The SMILES string of the molecule is COc1ccc(NC(=O)c2cccc(S(=O)(=O)Nc3ccccc3OC)c2)cn1. The highest BCUT2D eigenvalue weighted by molar-refractivity contribution is 7.92. The van der Waals surface area contributed by atoms with E-state index in [4.69, 9.17) is 9.47 Å². The maximum Gasteiger partial charge on any atom is 0.262 e. The van der Waals surface area contributed by atoms with E-state index in [0.717, 1.165) is 0 Å². The average Bonchev–Trinajstić information content (AvgIpc) is 2.74.